The summed E-state index contributed by atoms with van der Waals surface area (Å²) in [6.45, 7) is 3.04. The van der Waals surface area contributed by atoms with Gasteiger partial charge in [-0.3, -0.25) is 4.79 Å². The fourth-order valence-corrected chi connectivity index (χ4v) is 0.688. The van der Waals surface area contributed by atoms with E-state index in [1.807, 2.05) is 6.92 Å². The molecular weight excluding hydrogens is 148 g/mol. The average Bonchev–Trinajstić information content (AvgIpc) is 1.81. The second-order valence-electron chi connectivity index (χ2n) is 2.44. The molecule has 0 unspecified atom stereocenters. The van der Waals surface area contributed by atoms with Crippen LogP contribution in [0.1, 0.15) is 33.1 Å². The van der Waals surface area contributed by atoms with Gasteiger partial charge in [-0.15, -0.1) is 0 Å². The van der Waals surface area contributed by atoms with Crippen LogP contribution >= 0.6 is 0 Å². The van der Waals surface area contributed by atoms with E-state index < -0.39 is 11.9 Å². The Balaban J connectivity index is 3.70. The van der Waals surface area contributed by atoms with Gasteiger partial charge in [0.1, 0.15) is 0 Å². The maximum atomic E-state index is 10.3. The summed E-state index contributed by atoms with van der Waals surface area (Å²) >= 11 is 0. The molecule has 0 radical (unpaired) electrons. The van der Waals surface area contributed by atoms with E-state index in [4.69, 9.17) is 10.2 Å². The lowest BCUT2D eigenvalue weighted by Crippen LogP contribution is -2.33. The zero-order valence-electron chi connectivity index (χ0n) is 6.83. The molecule has 2 N–H and O–H groups in total. The first-order valence-electron chi connectivity index (χ1n) is 3.62. The lowest BCUT2D eigenvalue weighted by Gasteiger charge is -2.19. The van der Waals surface area contributed by atoms with Gasteiger partial charge in [-0.1, -0.05) is 13.3 Å². The quantitative estimate of drug-likeness (QED) is 0.463. The zero-order valence-corrected chi connectivity index (χ0v) is 6.83. The molecule has 0 spiro atoms. The molecule has 0 saturated carbocycles. The summed E-state index contributed by atoms with van der Waals surface area (Å²) < 4.78 is 4.21. The van der Waals surface area contributed by atoms with E-state index in [2.05, 4.69) is 4.74 Å². The number of hydrogen-bond acceptors (Lipinski definition) is 4. The molecule has 0 aliphatic heterocycles. The van der Waals surface area contributed by atoms with E-state index >= 15 is 0 Å². The minimum atomic E-state index is -2.28. The van der Waals surface area contributed by atoms with Gasteiger partial charge in [0.05, 0.1) is 0 Å². The number of hydrogen-bond donors (Lipinski definition) is 2. The molecular formula is C7H14O4. The van der Waals surface area contributed by atoms with Crippen LogP contribution in [0.2, 0.25) is 0 Å². The molecule has 0 amide bonds. The molecule has 4 nitrogen and oxygen atoms in total. The molecule has 0 aromatic heterocycles. The van der Waals surface area contributed by atoms with Gasteiger partial charge in [0.2, 0.25) is 0 Å². The van der Waals surface area contributed by atoms with Crippen molar-refractivity contribution >= 4 is 5.97 Å². The summed E-state index contributed by atoms with van der Waals surface area (Å²) in [7, 11) is 0. The predicted octanol–water partition coefficient (Wildman–Crippen LogP) is 0.378. The van der Waals surface area contributed by atoms with Crippen molar-refractivity contribution in [3.63, 3.8) is 0 Å². The van der Waals surface area contributed by atoms with Crippen molar-refractivity contribution in [2.45, 2.75) is 39.1 Å². The topological polar surface area (TPSA) is 66.8 Å². The Bertz CT molecular complexity index is 130. The Morgan fingerprint density at radius 3 is 2.45 bits per heavy atom. The first-order valence-corrected chi connectivity index (χ1v) is 3.62. The van der Waals surface area contributed by atoms with Crippen LogP contribution in [0.25, 0.3) is 0 Å². The second-order valence-corrected chi connectivity index (χ2v) is 2.44. The Labute approximate surface area is 65.8 Å². The van der Waals surface area contributed by atoms with Gasteiger partial charge in [0.25, 0.3) is 0 Å². The third kappa shape index (κ3) is 5.82. The fourth-order valence-electron chi connectivity index (χ4n) is 0.688. The Morgan fingerprint density at radius 1 is 1.55 bits per heavy atom. The number of esters is 1. The molecule has 66 valence electrons. The normalized spacial score (nSPS) is 11.3. The Morgan fingerprint density at radius 2 is 2.09 bits per heavy atom. The van der Waals surface area contributed by atoms with Crippen LogP contribution in [0.3, 0.4) is 0 Å². The van der Waals surface area contributed by atoms with Gasteiger partial charge in [-0.25, -0.2) is 0 Å². The number of ether oxygens (including phenoxy) is 1. The molecule has 0 atom stereocenters. The largest absolute Gasteiger partial charge is 0.408 e. The molecule has 0 saturated heterocycles. The monoisotopic (exact) mass is 162 g/mol. The van der Waals surface area contributed by atoms with Crippen LogP contribution in [0.5, 0.6) is 0 Å². The van der Waals surface area contributed by atoms with Crippen molar-refractivity contribution in [1.82, 2.24) is 0 Å². The summed E-state index contributed by atoms with van der Waals surface area (Å²) in [5, 5.41) is 17.9. The van der Waals surface area contributed by atoms with Crippen LogP contribution in [0.4, 0.5) is 0 Å². The standard InChI is InChI=1S/C7H14O4/c1-3-4-5-7(9,10)11-6(2)8/h9-10H,3-5H2,1-2H3. The minimum Gasteiger partial charge on any atom is -0.408 e. The van der Waals surface area contributed by atoms with E-state index in [1.165, 1.54) is 0 Å². The molecule has 4 heteroatoms. The maximum absolute atomic E-state index is 10.3. The van der Waals surface area contributed by atoms with Crippen molar-refractivity contribution in [1.29, 1.82) is 0 Å². The summed E-state index contributed by atoms with van der Waals surface area (Å²) in [5.74, 6) is -2.96. The first kappa shape index (κ1) is 10.4. The number of unbranched alkanes of at least 4 members (excludes halogenated alkanes) is 1. The Hall–Kier alpha value is -0.610. The van der Waals surface area contributed by atoms with Crippen molar-refractivity contribution < 1.29 is 19.7 Å². The minimum absolute atomic E-state index is 0.0586. The first-order chi connectivity index (χ1) is 4.98. The van der Waals surface area contributed by atoms with Gasteiger partial charge in [-0.2, -0.15) is 0 Å². The summed E-state index contributed by atoms with van der Waals surface area (Å²) in [4.78, 5) is 10.3. The number of carbonyl (C=O) groups is 1. The van der Waals surface area contributed by atoms with Crippen molar-refractivity contribution in [2.24, 2.45) is 0 Å². The molecule has 0 aromatic carbocycles. The average molecular weight is 162 g/mol. The van der Waals surface area contributed by atoms with E-state index in [0.717, 1.165) is 13.3 Å². The maximum Gasteiger partial charge on any atom is 0.324 e. The van der Waals surface area contributed by atoms with Crippen molar-refractivity contribution in [3.05, 3.63) is 0 Å². The zero-order chi connectivity index (χ0) is 8.91. The summed E-state index contributed by atoms with van der Waals surface area (Å²) in [6.07, 6.45) is 1.49. The van der Waals surface area contributed by atoms with Crippen LogP contribution in [-0.2, 0) is 9.53 Å². The van der Waals surface area contributed by atoms with Crippen molar-refractivity contribution in [2.75, 3.05) is 0 Å². The SMILES string of the molecule is CCCCC(O)(O)OC(C)=O. The lowest BCUT2D eigenvalue weighted by atomic mass is 10.2. The van der Waals surface area contributed by atoms with Gasteiger partial charge in [0, 0.05) is 13.3 Å². The fraction of sp³-hybridized carbons (Fsp3) is 0.857. The van der Waals surface area contributed by atoms with Gasteiger partial charge in [0.15, 0.2) is 0 Å². The van der Waals surface area contributed by atoms with Crippen LogP contribution < -0.4 is 0 Å². The molecule has 0 aliphatic rings. The second kappa shape index (κ2) is 4.31. The third-order valence-electron chi connectivity index (χ3n) is 1.16. The van der Waals surface area contributed by atoms with E-state index in [-0.39, 0.29) is 6.42 Å². The van der Waals surface area contributed by atoms with Crippen LogP contribution in [0, 0.1) is 0 Å². The van der Waals surface area contributed by atoms with Gasteiger partial charge < -0.3 is 14.9 Å². The van der Waals surface area contributed by atoms with E-state index in [1.54, 1.807) is 0 Å². The lowest BCUT2D eigenvalue weighted by molar-refractivity contribution is -0.321. The Kier molecular flexibility index (Phi) is 4.07. The molecule has 11 heavy (non-hydrogen) atoms. The van der Waals surface area contributed by atoms with Gasteiger partial charge in [-0.05, 0) is 6.42 Å². The third-order valence-corrected chi connectivity index (χ3v) is 1.16. The molecule has 0 heterocycles. The highest BCUT2D eigenvalue weighted by atomic mass is 16.8. The molecule has 0 fully saturated rings. The van der Waals surface area contributed by atoms with Crippen LogP contribution in [-0.4, -0.2) is 22.2 Å². The number of aliphatic hydroxyl groups is 2. The smallest absolute Gasteiger partial charge is 0.324 e. The highest BCUT2D eigenvalue weighted by molar-refractivity contribution is 5.66. The molecule has 0 aromatic rings. The number of carbonyl (C=O) groups excluding carboxylic acids is 1. The summed E-state index contributed by atoms with van der Waals surface area (Å²) in [5.41, 5.74) is 0. The number of rotatable bonds is 4. The molecule has 0 bridgehead atoms. The predicted molar refractivity (Wildman–Crippen MR) is 38.5 cm³/mol. The van der Waals surface area contributed by atoms with Crippen LogP contribution in [0.15, 0.2) is 0 Å². The molecule has 0 aliphatic carbocycles. The highest BCUT2D eigenvalue weighted by Gasteiger charge is 2.25. The van der Waals surface area contributed by atoms with E-state index in [9.17, 15) is 4.79 Å². The van der Waals surface area contributed by atoms with Crippen molar-refractivity contribution in [3.8, 4) is 0 Å². The van der Waals surface area contributed by atoms with E-state index in [0.29, 0.717) is 6.42 Å². The molecule has 0 rings (SSSR count). The van der Waals surface area contributed by atoms with Gasteiger partial charge >= 0.3 is 11.9 Å². The highest BCUT2D eigenvalue weighted by Crippen LogP contribution is 2.11. The summed E-state index contributed by atoms with van der Waals surface area (Å²) in [6, 6.07) is 0.